The minimum absolute atomic E-state index is 0.0209. The number of piperidine rings is 1. The molecule has 3 aromatic rings. The van der Waals surface area contributed by atoms with Crippen LogP contribution in [0.3, 0.4) is 0 Å². The first-order valence-corrected chi connectivity index (χ1v) is 10.2. The second-order valence-corrected chi connectivity index (χ2v) is 7.55. The summed E-state index contributed by atoms with van der Waals surface area (Å²) in [7, 11) is 0. The van der Waals surface area contributed by atoms with E-state index in [0.29, 0.717) is 17.8 Å². The van der Waals surface area contributed by atoms with E-state index in [1.54, 1.807) is 24.3 Å². The molecule has 0 bridgehead atoms. The molecule has 0 saturated carbocycles. The molecule has 6 nitrogen and oxygen atoms in total. The largest absolute Gasteiger partial charge is 0.354 e. The molecule has 1 aliphatic rings. The maximum atomic E-state index is 12.8. The predicted octanol–water partition coefficient (Wildman–Crippen LogP) is 4.20. The van der Waals surface area contributed by atoms with Crippen molar-refractivity contribution < 1.29 is 9.59 Å². The molecule has 1 amide bonds. The first-order valence-electron chi connectivity index (χ1n) is 10.2. The zero-order valence-corrected chi connectivity index (χ0v) is 16.9. The van der Waals surface area contributed by atoms with Crippen LogP contribution in [0.2, 0.25) is 0 Å². The Morgan fingerprint density at radius 3 is 2.57 bits per heavy atom. The van der Waals surface area contributed by atoms with Crippen molar-refractivity contribution in [1.29, 1.82) is 0 Å². The van der Waals surface area contributed by atoms with E-state index in [0.717, 1.165) is 36.5 Å². The number of anilines is 2. The highest BCUT2D eigenvalue weighted by atomic mass is 16.2. The maximum Gasteiger partial charge on any atom is 0.229 e. The molecular weight excluding hydrogens is 376 g/mol. The van der Waals surface area contributed by atoms with Gasteiger partial charge >= 0.3 is 0 Å². The summed E-state index contributed by atoms with van der Waals surface area (Å²) in [6.07, 6.45) is 1.73. The Morgan fingerprint density at radius 2 is 1.83 bits per heavy atom. The topological polar surface area (TPSA) is 75.2 Å². The molecule has 1 N–H and O–H groups in total. The average Bonchev–Trinajstić information content (AvgIpc) is 2.80. The maximum absolute atomic E-state index is 12.8. The lowest BCUT2D eigenvalue weighted by Crippen LogP contribution is -2.41. The molecule has 30 heavy (non-hydrogen) atoms. The normalized spacial score (nSPS) is 16.2. The Labute approximate surface area is 175 Å². The predicted molar refractivity (Wildman–Crippen MR) is 117 cm³/mol. The van der Waals surface area contributed by atoms with E-state index in [2.05, 4.69) is 20.4 Å². The van der Waals surface area contributed by atoms with Gasteiger partial charge in [0.1, 0.15) is 0 Å². The Morgan fingerprint density at radius 1 is 1.00 bits per heavy atom. The highest BCUT2D eigenvalue weighted by molar-refractivity contribution is 5.97. The third-order valence-corrected chi connectivity index (χ3v) is 5.37. The second-order valence-electron chi connectivity index (χ2n) is 7.55. The summed E-state index contributed by atoms with van der Waals surface area (Å²) >= 11 is 0. The number of nitrogens with one attached hydrogen (secondary N) is 1. The summed E-state index contributed by atoms with van der Waals surface area (Å²) < 4.78 is 0. The molecule has 4 rings (SSSR count). The van der Waals surface area contributed by atoms with E-state index in [4.69, 9.17) is 0 Å². The number of nitrogens with zero attached hydrogens (tertiary/aromatic N) is 3. The zero-order valence-electron chi connectivity index (χ0n) is 16.9. The van der Waals surface area contributed by atoms with Crippen LogP contribution in [0.4, 0.5) is 11.5 Å². The minimum atomic E-state index is -0.143. The van der Waals surface area contributed by atoms with Crippen molar-refractivity contribution >= 4 is 23.2 Å². The van der Waals surface area contributed by atoms with Gasteiger partial charge in [-0.1, -0.05) is 42.5 Å². The van der Waals surface area contributed by atoms with Gasteiger partial charge in [0.2, 0.25) is 5.91 Å². The molecule has 0 unspecified atom stereocenters. The fourth-order valence-electron chi connectivity index (χ4n) is 3.72. The zero-order chi connectivity index (χ0) is 20.9. The quantitative estimate of drug-likeness (QED) is 0.650. The molecule has 1 saturated heterocycles. The molecule has 2 aromatic carbocycles. The molecule has 0 radical (unpaired) electrons. The average molecular weight is 400 g/mol. The smallest absolute Gasteiger partial charge is 0.229 e. The summed E-state index contributed by atoms with van der Waals surface area (Å²) in [5.41, 5.74) is 3.10. The lowest BCUT2D eigenvalue weighted by atomic mass is 9.97. The third-order valence-electron chi connectivity index (χ3n) is 5.37. The van der Waals surface area contributed by atoms with Gasteiger partial charge in [0.15, 0.2) is 11.6 Å². The number of hydrogen-bond donors (Lipinski definition) is 1. The van der Waals surface area contributed by atoms with Gasteiger partial charge in [0.25, 0.3) is 0 Å². The Kier molecular flexibility index (Phi) is 5.84. The number of benzene rings is 2. The van der Waals surface area contributed by atoms with Gasteiger partial charge in [0.05, 0.1) is 11.6 Å². The van der Waals surface area contributed by atoms with Crippen LogP contribution in [0.25, 0.3) is 11.3 Å². The molecule has 152 valence electrons. The van der Waals surface area contributed by atoms with Gasteiger partial charge in [-0.15, -0.1) is 10.2 Å². The van der Waals surface area contributed by atoms with Crippen molar-refractivity contribution in [3.63, 3.8) is 0 Å². The molecular formula is C24H24N4O2. The monoisotopic (exact) mass is 400 g/mol. The van der Waals surface area contributed by atoms with Gasteiger partial charge < -0.3 is 10.2 Å². The summed E-state index contributed by atoms with van der Waals surface area (Å²) in [5, 5.41) is 11.7. The fraction of sp³-hybridized carbons (Fsp3) is 0.250. The van der Waals surface area contributed by atoms with E-state index in [1.807, 2.05) is 42.5 Å². The van der Waals surface area contributed by atoms with Crippen LogP contribution in [-0.4, -0.2) is 35.0 Å². The molecule has 1 aromatic heterocycles. The van der Waals surface area contributed by atoms with Gasteiger partial charge in [0, 0.05) is 29.9 Å². The van der Waals surface area contributed by atoms with Gasteiger partial charge in [-0.3, -0.25) is 9.59 Å². The minimum Gasteiger partial charge on any atom is -0.354 e. The van der Waals surface area contributed by atoms with Crippen LogP contribution in [-0.2, 0) is 4.79 Å². The Balaban J connectivity index is 1.42. The Bertz CT molecular complexity index is 1030. The van der Waals surface area contributed by atoms with Gasteiger partial charge in [-0.05, 0) is 44.0 Å². The summed E-state index contributed by atoms with van der Waals surface area (Å²) in [5.74, 6) is 0.586. The Hall–Kier alpha value is -3.54. The van der Waals surface area contributed by atoms with Gasteiger partial charge in [-0.2, -0.15) is 0 Å². The van der Waals surface area contributed by atoms with E-state index >= 15 is 0 Å². The van der Waals surface area contributed by atoms with E-state index < -0.39 is 0 Å². The first-order chi connectivity index (χ1) is 14.6. The van der Waals surface area contributed by atoms with Gasteiger partial charge in [-0.25, -0.2) is 0 Å². The number of carbonyl (C=O) groups excluding carboxylic acids is 2. The van der Waals surface area contributed by atoms with Crippen molar-refractivity contribution in [2.24, 2.45) is 5.92 Å². The van der Waals surface area contributed by atoms with Crippen molar-refractivity contribution in [2.75, 3.05) is 23.3 Å². The third kappa shape index (κ3) is 4.54. The molecule has 1 aliphatic heterocycles. The molecule has 1 atom stereocenters. The number of rotatable bonds is 5. The summed E-state index contributed by atoms with van der Waals surface area (Å²) in [4.78, 5) is 26.5. The van der Waals surface area contributed by atoms with Crippen molar-refractivity contribution in [2.45, 2.75) is 19.8 Å². The van der Waals surface area contributed by atoms with Crippen LogP contribution in [0.1, 0.15) is 30.1 Å². The van der Waals surface area contributed by atoms with Crippen LogP contribution in [0.5, 0.6) is 0 Å². The summed E-state index contributed by atoms with van der Waals surface area (Å²) in [6, 6.07) is 20.9. The molecule has 6 heteroatoms. The van der Waals surface area contributed by atoms with Crippen LogP contribution in [0.15, 0.2) is 66.7 Å². The SMILES string of the molecule is CC(=O)c1cccc(NC(=O)[C@@H]2CCCN(c3ccc(-c4ccccc4)nn3)C2)c1. The van der Waals surface area contributed by atoms with E-state index in [-0.39, 0.29) is 17.6 Å². The lowest BCUT2D eigenvalue weighted by Gasteiger charge is -2.32. The standard InChI is InChI=1S/C24H24N4O2/c1-17(29)19-9-5-11-21(15-19)25-24(30)20-10-6-14-28(16-20)23-13-12-22(26-27-23)18-7-3-2-4-8-18/h2-5,7-9,11-13,15,20H,6,10,14,16H2,1H3,(H,25,30)/t20-/m1/s1. The van der Waals surface area contributed by atoms with Crippen LogP contribution < -0.4 is 10.2 Å². The highest BCUT2D eigenvalue weighted by Crippen LogP contribution is 2.24. The van der Waals surface area contributed by atoms with E-state index in [9.17, 15) is 9.59 Å². The number of aromatic nitrogens is 2. The highest BCUT2D eigenvalue weighted by Gasteiger charge is 2.27. The second kappa shape index (κ2) is 8.86. The number of carbonyl (C=O) groups is 2. The number of ketones is 1. The summed E-state index contributed by atoms with van der Waals surface area (Å²) in [6.45, 7) is 2.96. The van der Waals surface area contributed by atoms with Crippen molar-refractivity contribution in [1.82, 2.24) is 10.2 Å². The first kappa shape index (κ1) is 19.8. The van der Waals surface area contributed by atoms with E-state index in [1.165, 1.54) is 6.92 Å². The molecule has 1 fully saturated rings. The molecule has 0 spiro atoms. The van der Waals surface area contributed by atoms with Crippen molar-refractivity contribution in [3.8, 4) is 11.3 Å². The van der Waals surface area contributed by atoms with Crippen LogP contribution in [0, 0.1) is 5.92 Å². The molecule has 2 heterocycles. The van der Waals surface area contributed by atoms with Crippen LogP contribution >= 0.6 is 0 Å². The number of hydrogen-bond acceptors (Lipinski definition) is 5. The van der Waals surface area contributed by atoms with Crippen molar-refractivity contribution in [3.05, 3.63) is 72.3 Å². The lowest BCUT2D eigenvalue weighted by molar-refractivity contribution is -0.120. The molecule has 0 aliphatic carbocycles. The number of Topliss-reactive ketones (excluding diaryl/α,β-unsaturated/α-hetero) is 1. The fourth-order valence-corrected chi connectivity index (χ4v) is 3.72. The number of amides is 1.